The summed E-state index contributed by atoms with van der Waals surface area (Å²) in [7, 11) is 0. The first kappa shape index (κ1) is 21.5. The number of amides is 4. The van der Waals surface area contributed by atoms with E-state index in [-0.39, 0.29) is 30.6 Å². The minimum Gasteiger partial charge on any atom is -0.425 e. The summed E-state index contributed by atoms with van der Waals surface area (Å²) in [6, 6.07) is 0. The van der Waals surface area contributed by atoms with Gasteiger partial charge in [-0.2, -0.15) is 0 Å². The van der Waals surface area contributed by atoms with Gasteiger partial charge in [0, 0.05) is 38.5 Å². The van der Waals surface area contributed by atoms with Crippen molar-refractivity contribution in [1.82, 2.24) is 9.96 Å². The number of esters is 1. The van der Waals surface area contributed by atoms with Gasteiger partial charge in [0.15, 0.2) is 0 Å². The van der Waals surface area contributed by atoms with Gasteiger partial charge >= 0.3 is 12.1 Å². The van der Waals surface area contributed by atoms with Gasteiger partial charge in [0.1, 0.15) is 0 Å². The highest BCUT2D eigenvalue weighted by Crippen LogP contribution is 2.31. The maximum Gasteiger partial charge on any atom is 0.537 e. The van der Waals surface area contributed by atoms with Gasteiger partial charge in [0.05, 0.1) is 5.92 Å². The Kier molecular flexibility index (Phi) is 6.48. The Morgan fingerprint density at radius 1 is 0.967 bits per heavy atom. The molecule has 1 unspecified atom stereocenters. The van der Waals surface area contributed by atoms with Crippen molar-refractivity contribution in [2.75, 3.05) is 6.54 Å². The van der Waals surface area contributed by atoms with E-state index in [1.165, 1.54) is 24.0 Å². The van der Waals surface area contributed by atoms with Crippen molar-refractivity contribution in [2.45, 2.75) is 51.7 Å². The normalized spacial score (nSPS) is 25.0. The second-order valence-corrected chi connectivity index (χ2v) is 7.38. The fourth-order valence-electron chi connectivity index (χ4n) is 3.62. The first-order valence-electron chi connectivity index (χ1n) is 9.73. The largest absolute Gasteiger partial charge is 0.537 e. The third kappa shape index (κ3) is 5.02. The highest BCUT2D eigenvalue weighted by atomic mass is 16.9. The molecule has 0 N–H and O–H groups in total. The molecule has 0 radical (unpaired) electrons. The van der Waals surface area contributed by atoms with Gasteiger partial charge in [0.25, 0.3) is 23.6 Å². The lowest BCUT2D eigenvalue weighted by Crippen LogP contribution is -2.37. The number of imide groups is 2. The summed E-state index contributed by atoms with van der Waals surface area (Å²) >= 11 is 0. The molecule has 11 heteroatoms. The predicted molar refractivity (Wildman–Crippen MR) is 95.5 cm³/mol. The molecular formula is C19H22N2O9. The van der Waals surface area contributed by atoms with Crippen LogP contribution in [0.25, 0.3) is 0 Å². The summed E-state index contributed by atoms with van der Waals surface area (Å²) in [5.41, 5.74) is 0. The number of hydrogen-bond acceptors (Lipinski definition) is 9. The average Bonchev–Trinajstić information content (AvgIpc) is 3.18. The lowest BCUT2D eigenvalue weighted by atomic mass is 9.82. The number of ether oxygens (including phenoxy) is 2. The fraction of sp³-hybridized carbons (Fsp3) is 0.579. The number of carbonyl (C=O) groups excluding carboxylic acids is 6. The quantitative estimate of drug-likeness (QED) is 0.346. The van der Waals surface area contributed by atoms with E-state index < -0.39 is 36.1 Å². The zero-order valence-electron chi connectivity index (χ0n) is 16.4. The molecule has 1 saturated heterocycles. The summed E-state index contributed by atoms with van der Waals surface area (Å²) in [4.78, 5) is 75.8. The lowest BCUT2D eigenvalue weighted by Gasteiger charge is -2.30. The molecule has 0 aromatic heterocycles. The van der Waals surface area contributed by atoms with E-state index in [1.807, 2.05) is 0 Å². The van der Waals surface area contributed by atoms with Crippen LogP contribution in [0.15, 0.2) is 12.2 Å². The molecule has 3 rings (SSSR count). The Labute approximate surface area is 171 Å². The van der Waals surface area contributed by atoms with Crippen molar-refractivity contribution in [1.29, 1.82) is 0 Å². The van der Waals surface area contributed by atoms with Gasteiger partial charge in [-0.05, 0) is 31.6 Å². The van der Waals surface area contributed by atoms with Gasteiger partial charge in [-0.3, -0.25) is 33.7 Å². The van der Waals surface area contributed by atoms with E-state index in [0.717, 1.165) is 0 Å². The lowest BCUT2D eigenvalue weighted by molar-refractivity contribution is -0.193. The number of nitrogens with zero attached hydrogens (tertiary/aromatic N) is 2. The van der Waals surface area contributed by atoms with Crippen LogP contribution in [0.2, 0.25) is 0 Å². The third-order valence-corrected chi connectivity index (χ3v) is 5.24. The third-order valence-electron chi connectivity index (χ3n) is 5.24. The van der Waals surface area contributed by atoms with Crippen molar-refractivity contribution in [3.05, 3.63) is 12.2 Å². The number of hydrogen-bond donors (Lipinski definition) is 0. The predicted octanol–water partition coefficient (Wildman–Crippen LogP) is 0.824. The molecule has 0 aromatic carbocycles. The maximum absolute atomic E-state index is 12.3. The molecule has 0 aromatic rings. The molecule has 0 spiro atoms. The average molecular weight is 422 g/mol. The van der Waals surface area contributed by atoms with Crippen molar-refractivity contribution in [3.63, 3.8) is 0 Å². The molecule has 1 saturated carbocycles. The van der Waals surface area contributed by atoms with Crippen LogP contribution in [0.5, 0.6) is 0 Å². The molecule has 2 heterocycles. The Balaban J connectivity index is 1.38. The van der Waals surface area contributed by atoms with Crippen LogP contribution in [0.3, 0.4) is 0 Å². The standard InChI is InChI=1S/C19H22N2O9/c1-11(29-19(27)30-21-16(24)8-9-17(21)25)28-18(26)13-4-2-12(3-5-13)10-20-14(22)6-7-15(20)23/h6-7,11-13H,2-5,8-10H2,1H3. The summed E-state index contributed by atoms with van der Waals surface area (Å²) in [6.45, 7) is 1.64. The van der Waals surface area contributed by atoms with Gasteiger partial charge < -0.3 is 9.47 Å². The van der Waals surface area contributed by atoms with E-state index in [4.69, 9.17) is 9.47 Å². The second kappa shape index (κ2) is 9.06. The van der Waals surface area contributed by atoms with E-state index in [0.29, 0.717) is 37.3 Å². The minimum atomic E-state index is -1.32. The van der Waals surface area contributed by atoms with E-state index in [1.54, 1.807) is 0 Å². The van der Waals surface area contributed by atoms with Crippen molar-refractivity contribution >= 4 is 35.8 Å². The zero-order chi connectivity index (χ0) is 21.8. The Bertz CT molecular complexity index is 764. The number of hydroxylamine groups is 2. The van der Waals surface area contributed by atoms with Gasteiger partial charge in [0.2, 0.25) is 6.29 Å². The highest BCUT2D eigenvalue weighted by Gasteiger charge is 2.35. The van der Waals surface area contributed by atoms with Crippen LogP contribution in [-0.4, -0.2) is 58.6 Å². The topological polar surface area (TPSA) is 137 Å². The van der Waals surface area contributed by atoms with Crippen molar-refractivity contribution < 1.29 is 43.1 Å². The van der Waals surface area contributed by atoms with Crippen LogP contribution in [0, 0.1) is 11.8 Å². The Morgan fingerprint density at radius 2 is 1.53 bits per heavy atom. The first-order chi connectivity index (χ1) is 14.2. The van der Waals surface area contributed by atoms with E-state index in [9.17, 15) is 28.8 Å². The van der Waals surface area contributed by atoms with Crippen LogP contribution in [0.4, 0.5) is 4.79 Å². The zero-order valence-corrected chi connectivity index (χ0v) is 16.4. The monoisotopic (exact) mass is 422 g/mol. The maximum atomic E-state index is 12.3. The smallest absolute Gasteiger partial charge is 0.425 e. The first-order valence-corrected chi connectivity index (χ1v) is 9.73. The molecule has 30 heavy (non-hydrogen) atoms. The summed E-state index contributed by atoms with van der Waals surface area (Å²) in [6.07, 6.45) is 2.13. The molecule has 2 aliphatic heterocycles. The van der Waals surface area contributed by atoms with Crippen molar-refractivity contribution in [2.24, 2.45) is 11.8 Å². The van der Waals surface area contributed by atoms with Crippen LogP contribution in [0.1, 0.15) is 45.4 Å². The second-order valence-electron chi connectivity index (χ2n) is 7.38. The fourth-order valence-corrected chi connectivity index (χ4v) is 3.62. The highest BCUT2D eigenvalue weighted by molar-refractivity contribution is 6.12. The molecule has 162 valence electrons. The molecule has 4 amide bonds. The molecule has 3 aliphatic rings. The van der Waals surface area contributed by atoms with Gasteiger partial charge in [-0.15, -0.1) is 0 Å². The molecule has 11 nitrogen and oxygen atoms in total. The number of carbonyl (C=O) groups is 6. The summed E-state index contributed by atoms with van der Waals surface area (Å²) in [5.74, 6) is -2.77. The Morgan fingerprint density at radius 3 is 2.10 bits per heavy atom. The number of rotatable bonds is 6. The molecule has 1 aliphatic carbocycles. The van der Waals surface area contributed by atoms with Crippen LogP contribution < -0.4 is 0 Å². The molecule has 2 fully saturated rings. The summed E-state index contributed by atoms with van der Waals surface area (Å²) < 4.78 is 9.87. The Hall–Kier alpha value is -3.24. The molecule has 0 bridgehead atoms. The van der Waals surface area contributed by atoms with Gasteiger partial charge in [-0.1, -0.05) is 5.06 Å². The van der Waals surface area contributed by atoms with Crippen LogP contribution in [-0.2, 0) is 38.3 Å². The van der Waals surface area contributed by atoms with Gasteiger partial charge in [-0.25, -0.2) is 4.79 Å². The summed E-state index contributed by atoms with van der Waals surface area (Å²) in [5, 5.41) is 0.337. The van der Waals surface area contributed by atoms with Crippen molar-refractivity contribution in [3.8, 4) is 0 Å². The molecule has 1 atom stereocenters. The van der Waals surface area contributed by atoms with Crippen LogP contribution >= 0.6 is 0 Å². The van der Waals surface area contributed by atoms with E-state index >= 15 is 0 Å². The minimum absolute atomic E-state index is 0.0457. The molecular weight excluding hydrogens is 400 g/mol. The van der Waals surface area contributed by atoms with E-state index in [2.05, 4.69) is 4.84 Å². The SMILES string of the molecule is CC(OC(=O)ON1C(=O)CCC1=O)OC(=O)C1CCC(CN2C(=O)C=CC2=O)CC1.